The fraction of sp³-hybridized carbons (Fsp3) is 0.550. The summed E-state index contributed by atoms with van der Waals surface area (Å²) in [6.45, 7) is 10.7. The second-order valence-electron chi connectivity index (χ2n) is 6.73. The van der Waals surface area contributed by atoms with Crippen molar-refractivity contribution >= 4 is 16.5 Å². The zero-order valence-electron chi connectivity index (χ0n) is 15.4. The fourth-order valence-electron chi connectivity index (χ4n) is 3.54. The average Bonchev–Trinajstić information content (AvgIpc) is 2.58. The van der Waals surface area contributed by atoms with Gasteiger partial charge in [-0.05, 0) is 58.9 Å². The molecule has 1 saturated heterocycles. The number of aryl methyl sites for hydroxylation is 1. The predicted octanol–water partition coefficient (Wildman–Crippen LogP) is 3.86. The Hall–Kier alpha value is -1.81. The van der Waals surface area contributed by atoms with E-state index in [1.54, 1.807) is 0 Å². The first-order valence-electron chi connectivity index (χ1n) is 9.12. The van der Waals surface area contributed by atoms with Gasteiger partial charge in [0.25, 0.3) is 0 Å². The van der Waals surface area contributed by atoms with E-state index in [2.05, 4.69) is 61.9 Å². The van der Waals surface area contributed by atoms with Gasteiger partial charge in [0, 0.05) is 48.3 Å². The van der Waals surface area contributed by atoms with E-state index in [4.69, 9.17) is 9.72 Å². The number of hydrogen-bond donors (Lipinski definition) is 0. The first-order chi connectivity index (χ1) is 11.6. The normalized spacial score (nSPS) is 16.5. The predicted molar refractivity (Wildman–Crippen MR) is 101 cm³/mol. The molecule has 130 valence electrons. The molecule has 0 N–H and O–H groups in total. The van der Waals surface area contributed by atoms with Crippen molar-refractivity contribution in [3.05, 3.63) is 30.0 Å². The second-order valence-corrected chi connectivity index (χ2v) is 6.73. The molecular weight excluding hydrogens is 298 g/mol. The van der Waals surface area contributed by atoms with Gasteiger partial charge in [0.2, 0.25) is 5.88 Å². The van der Waals surface area contributed by atoms with E-state index < -0.39 is 0 Å². The smallest absolute Gasteiger partial charge is 0.221 e. The maximum absolute atomic E-state index is 6.34. The molecule has 4 heteroatoms. The molecule has 0 atom stereocenters. The summed E-state index contributed by atoms with van der Waals surface area (Å²) in [7, 11) is 2.17. The fourth-order valence-corrected chi connectivity index (χ4v) is 3.54. The number of anilines is 1. The molecular formula is C20H29N3O. The third kappa shape index (κ3) is 3.48. The lowest BCUT2D eigenvalue weighted by molar-refractivity contribution is 0.111. The van der Waals surface area contributed by atoms with Crippen LogP contribution in [0.15, 0.2) is 24.3 Å². The van der Waals surface area contributed by atoms with Gasteiger partial charge in [0.1, 0.15) is 6.10 Å². The SMILES string of the molecule is CCN(CC)c1cccc2c(OC3CCN(C)CC3)nc(C)cc12. The Bertz CT molecular complexity index is 689. The highest BCUT2D eigenvalue weighted by atomic mass is 16.5. The Labute approximate surface area is 145 Å². The molecule has 1 aliphatic rings. The molecule has 4 nitrogen and oxygen atoms in total. The number of benzene rings is 1. The number of piperidine rings is 1. The summed E-state index contributed by atoms with van der Waals surface area (Å²) in [6.07, 6.45) is 2.42. The Kier molecular flexibility index (Phi) is 5.24. The van der Waals surface area contributed by atoms with Gasteiger partial charge in [-0.1, -0.05) is 6.07 Å². The van der Waals surface area contributed by atoms with Crippen LogP contribution in [0.4, 0.5) is 5.69 Å². The summed E-state index contributed by atoms with van der Waals surface area (Å²) >= 11 is 0. The maximum atomic E-state index is 6.34. The van der Waals surface area contributed by atoms with E-state index in [9.17, 15) is 0 Å². The standard InChI is InChI=1S/C20H29N3O/c1-5-23(6-2)19-9-7-8-17-18(19)14-15(3)21-20(17)24-16-10-12-22(4)13-11-16/h7-9,14,16H,5-6,10-13H2,1-4H3. The van der Waals surface area contributed by atoms with E-state index in [0.717, 1.165) is 56.0 Å². The quantitative estimate of drug-likeness (QED) is 0.834. The van der Waals surface area contributed by atoms with Gasteiger partial charge in [-0.15, -0.1) is 0 Å². The molecule has 1 fully saturated rings. The summed E-state index contributed by atoms with van der Waals surface area (Å²) in [5, 5.41) is 2.38. The van der Waals surface area contributed by atoms with Crippen LogP contribution in [0.3, 0.4) is 0 Å². The Balaban J connectivity index is 1.98. The molecule has 1 aromatic carbocycles. The van der Waals surface area contributed by atoms with E-state index >= 15 is 0 Å². The van der Waals surface area contributed by atoms with Crippen LogP contribution in [0, 0.1) is 6.92 Å². The van der Waals surface area contributed by atoms with E-state index in [1.807, 2.05) is 0 Å². The molecule has 0 saturated carbocycles. The molecule has 24 heavy (non-hydrogen) atoms. The first kappa shape index (κ1) is 17.0. The Morgan fingerprint density at radius 1 is 1.17 bits per heavy atom. The third-order valence-corrected chi connectivity index (χ3v) is 4.99. The van der Waals surface area contributed by atoms with Gasteiger partial charge in [-0.25, -0.2) is 4.98 Å². The maximum Gasteiger partial charge on any atom is 0.221 e. The lowest BCUT2D eigenvalue weighted by atomic mass is 10.1. The molecule has 0 aliphatic carbocycles. The molecule has 0 amide bonds. The molecule has 0 bridgehead atoms. The largest absolute Gasteiger partial charge is 0.474 e. The van der Waals surface area contributed by atoms with Crippen LogP contribution < -0.4 is 9.64 Å². The first-order valence-corrected chi connectivity index (χ1v) is 9.12. The number of pyridine rings is 1. The van der Waals surface area contributed by atoms with Crippen molar-refractivity contribution in [3.8, 4) is 5.88 Å². The number of fused-ring (bicyclic) bond motifs is 1. The van der Waals surface area contributed by atoms with Crippen LogP contribution in [-0.4, -0.2) is 49.2 Å². The minimum absolute atomic E-state index is 0.274. The Morgan fingerprint density at radius 2 is 1.88 bits per heavy atom. The van der Waals surface area contributed by atoms with Crippen molar-refractivity contribution in [2.24, 2.45) is 0 Å². The van der Waals surface area contributed by atoms with Crippen molar-refractivity contribution in [1.29, 1.82) is 0 Å². The van der Waals surface area contributed by atoms with Crippen molar-refractivity contribution in [1.82, 2.24) is 9.88 Å². The molecule has 3 rings (SSSR count). The highest BCUT2D eigenvalue weighted by molar-refractivity contribution is 5.97. The van der Waals surface area contributed by atoms with Crippen molar-refractivity contribution < 1.29 is 4.74 Å². The third-order valence-electron chi connectivity index (χ3n) is 4.99. The van der Waals surface area contributed by atoms with Gasteiger partial charge in [0.15, 0.2) is 0 Å². The molecule has 2 heterocycles. The molecule has 0 radical (unpaired) electrons. The molecule has 1 aliphatic heterocycles. The van der Waals surface area contributed by atoms with E-state index in [1.165, 1.54) is 11.1 Å². The van der Waals surface area contributed by atoms with Gasteiger partial charge < -0.3 is 14.5 Å². The number of rotatable bonds is 5. The number of ether oxygens (including phenoxy) is 1. The lowest BCUT2D eigenvalue weighted by Gasteiger charge is -2.29. The van der Waals surface area contributed by atoms with Crippen LogP contribution in [0.1, 0.15) is 32.4 Å². The van der Waals surface area contributed by atoms with Crippen molar-refractivity contribution in [3.63, 3.8) is 0 Å². The highest BCUT2D eigenvalue weighted by Gasteiger charge is 2.20. The number of likely N-dealkylation sites (tertiary alicyclic amines) is 1. The molecule has 2 aromatic rings. The van der Waals surface area contributed by atoms with Crippen LogP contribution in [0.2, 0.25) is 0 Å². The van der Waals surface area contributed by atoms with Crippen LogP contribution in [0.5, 0.6) is 5.88 Å². The van der Waals surface area contributed by atoms with Crippen LogP contribution >= 0.6 is 0 Å². The topological polar surface area (TPSA) is 28.6 Å². The second kappa shape index (κ2) is 7.39. The lowest BCUT2D eigenvalue weighted by Crippen LogP contribution is -2.35. The highest BCUT2D eigenvalue weighted by Crippen LogP contribution is 2.33. The minimum atomic E-state index is 0.274. The average molecular weight is 327 g/mol. The van der Waals surface area contributed by atoms with Crippen molar-refractivity contribution in [2.45, 2.75) is 39.7 Å². The molecule has 0 spiro atoms. The molecule has 0 unspecified atom stereocenters. The van der Waals surface area contributed by atoms with Gasteiger partial charge in [-0.2, -0.15) is 0 Å². The van der Waals surface area contributed by atoms with Gasteiger partial charge >= 0.3 is 0 Å². The minimum Gasteiger partial charge on any atom is -0.474 e. The summed E-state index contributed by atoms with van der Waals surface area (Å²) in [6, 6.07) is 8.65. The zero-order chi connectivity index (χ0) is 17.1. The Morgan fingerprint density at radius 3 is 2.54 bits per heavy atom. The van der Waals surface area contributed by atoms with Gasteiger partial charge in [0.05, 0.1) is 0 Å². The summed E-state index contributed by atoms with van der Waals surface area (Å²) < 4.78 is 6.34. The number of hydrogen-bond acceptors (Lipinski definition) is 4. The molecule has 1 aromatic heterocycles. The summed E-state index contributed by atoms with van der Waals surface area (Å²) in [5.41, 5.74) is 2.29. The number of aromatic nitrogens is 1. The summed E-state index contributed by atoms with van der Waals surface area (Å²) in [4.78, 5) is 9.46. The van der Waals surface area contributed by atoms with Crippen molar-refractivity contribution in [2.75, 3.05) is 38.1 Å². The van der Waals surface area contributed by atoms with Crippen LogP contribution in [-0.2, 0) is 0 Å². The number of nitrogens with zero attached hydrogens (tertiary/aromatic N) is 3. The van der Waals surface area contributed by atoms with E-state index in [0.29, 0.717) is 0 Å². The van der Waals surface area contributed by atoms with Crippen LogP contribution in [0.25, 0.3) is 10.8 Å². The van der Waals surface area contributed by atoms with E-state index in [-0.39, 0.29) is 6.10 Å². The van der Waals surface area contributed by atoms with Gasteiger partial charge in [-0.3, -0.25) is 0 Å². The zero-order valence-corrected chi connectivity index (χ0v) is 15.4. The monoisotopic (exact) mass is 327 g/mol. The summed E-state index contributed by atoms with van der Waals surface area (Å²) in [5.74, 6) is 0.800.